The summed E-state index contributed by atoms with van der Waals surface area (Å²) in [5.41, 5.74) is 2.27. The lowest BCUT2D eigenvalue weighted by molar-refractivity contribution is -0.138. The summed E-state index contributed by atoms with van der Waals surface area (Å²) >= 11 is 31.8. The van der Waals surface area contributed by atoms with Gasteiger partial charge in [0.05, 0.1) is 23.1 Å². The van der Waals surface area contributed by atoms with Crippen LogP contribution in [0.25, 0.3) is 0 Å². The smallest absolute Gasteiger partial charge is 0.325 e. The van der Waals surface area contributed by atoms with Gasteiger partial charge in [0.25, 0.3) is 5.91 Å². The number of benzene rings is 3. The van der Waals surface area contributed by atoms with Gasteiger partial charge >= 0.3 is 5.97 Å². The molecule has 40 heavy (non-hydrogen) atoms. The number of anilines is 3. The molecule has 7 nitrogen and oxygen atoms in total. The first-order valence-corrected chi connectivity index (χ1v) is 13.9. The van der Waals surface area contributed by atoms with Crippen molar-refractivity contribution in [1.29, 1.82) is 0 Å². The number of carbonyl (C=O) groups is 3. The number of methoxy groups -OCH3 is 1. The lowest BCUT2D eigenvalue weighted by Crippen LogP contribution is -2.23. The molecule has 210 valence electrons. The van der Waals surface area contributed by atoms with Crippen LogP contribution in [0.5, 0.6) is 0 Å². The van der Waals surface area contributed by atoms with Crippen LogP contribution in [0.1, 0.15) is 27.4 Å². The number of halogens is 5. The number of hydrogen-bond acceptors (Lipinski definition) is 6. The van der Waals surface area contributed by atoms with E-state index in [1.165, 1.54) is 7.11 Å². The molecule has 3 aromatic rings. The van der Waals surface area contributed by atoms with Crippen LogP contribution in [0.4, 0.5) is 17.1 Å². The highest BCUT2D eigenvalue weighted by Gasteiger charge is 2.76. The fourth-order valence-corrected chi connectivity index (χ4v) is 6.26. The maximum atomic E-state index is 13.1. The zero-order valence-electron chi connectivity index (χ0n) is 21.3. The molecular weight excluding hydrogens is 620 g/mol. The van der Waals surface area contributed by atoms with Crippen molar-refractivity contribution in [2.75, 3.05) is 36.1 Å². The van der Waals surface area contributed by atoms with Crippen LogP contribution in [0.3, 0.4) is 0 Å². The number of amides is 1. The zero-order valence-corrected chi connectivity index (χ0v) is 25.1. The molecule has 1 aliphatic carbocycles. The maximum Gasteiger partial charge on any atom is 0.325 e. The number of alkyl halides is 2. The quantitative estimate of drug-likeness (QED) is 0.121. The molecule has 1 aliphatic rings. The number of aldehydes is 1. The van der Waals surface area contributed by atoms with Gasteiger partial charge < -0.3 is 25.5 Å². The summed E-state index contributed by atoms with van der Waals surface area (Å²) in [5, 5.41) is 10.0. The van der Waals surface area contributed by atoms with E-state index in [4.69, 9.17) is 58.0 Å². The van der Waals surface area contributed by atoms with Crippen molar-refractivity contribution in [3.05, 3.63) is 86.4 Å². The second-order valence-corrected chi connectivity index (χ2v) is 12.0. The van der Waals surface area contributed by atoms with E-state index >= 15 is 0 Å². The monoisotopic (exact) mass is 641 g/mol. The summed E-state index contributed by atoms with van der Waals surface area (Å²) in [7, 11) is 1.31. The van der Waals surface area contributed by atoms with Crippen LogP contribution in [-0.4, -0.2) is 42.7 Å². The molecule has 1 saturated carbocycles. The number of hydrogen-bond donors (Lipinski definition) is 3. The van der Waals surface area contributed by atoms with Crippen molar-refractivity contribution in [3.63, 3.8) is 0 Å². The molecule has 12 heteroatoms. The minimum absolute atomic E-state index is 0.0184. The van der Waals surface area contributed by atoms with Gasteiger partial charge in [-0.05, 0) is 72.6 Å². The number of aryl methyl sites for hydroxylation is 1. The summed E-state index contributed by atoms with van der Waals surface area (Å²) in [6.07, 6.45) is 0.732. The summed E-state index contributed by atoms with van der Waals surface area (Å²) in [6, 6.07) is 15.0. The molecule has 3 aromatic carbocycles. The molecule has 4 rings (SSSR count). The molecule has 2 atom stereocenters. The molecule has 0 bridgehead atoms. The van der Waals surface area contributed by atoms with Crippen molar-refractivity contribution in [2.24, 2.45) is 5.41 Å². The van der Waals surface area contributed by atoms with Crippen molar-refractivity contribution in [3.8, 4) is 0 Å². The molecule has 0 aliphatic heterocycles. The van der Waals surface area contributed by atoms with E-state index in [-0.39, 0.29) is 23.7 Å². The summed E-state index contributed by atoms with van der Waals surface area (Å²) < 4.78 is 3.23. The minimum atomic E-state index is -1.39. The van der Waals surface area contributed by atoms with Crippen LogP contribution in [0, 0.1) is 12.3 Å². The fraction of sp³-hybridized carbons (Fsp3) is 0.250. The topological polar surface area (TPSA) is 96.5 Å². The van der Waals surface area contributed by atoms with E-state index in [0.717, 1.165) is 11.8 Å². The van der Waals surface area contributed by atoms with E-state index in [1.807, 2.05) is 6.92 Å². The second kappa shape index (κ2) is 12.0. The molecule has 3 N–H and O–H groups in total. The van der Waals surface area contributed by atoms with Gasteiger partial charge in [0.2, 0.25) is 0 Å². The van der Waals surface area contributed by atoms with Crippen LogP contribution < -0.4 is 16.0 Å². The molecule has 0 spiro atoms. The average molecular weight is 644 g/mol. The molecule has 0 saturated heterocycles. The highest BCUT2D eigenvalue weighted by atomic mass is 35.5. The molecule has 1 fully saturated rings. The molecule has 0 radical (unpaired) electrons. The van der Waals surface area contributed by atoms with Crippen LogP contribution >= 0.6 is 58.0 Å². The van der Waals surface area contributed by atoms with Gasteiger partial charge in [0.1, 0.15) is 17.2 Å². The van der Waals surface area contributed by atoms with E-state index in [9.17, 15) is 14.4 Å². The Kier molecular flexibility index (Phi) is 9.12. The van der Waals surface area contributed by atoms with Gasteiger partial charge in [-0.1, -0.05) is 58.0 Å². The summed E-state index contributed by atoms with van der Waals surface area (Å²) in [5.74, 6) is -1.38. The largest absolute Gasteiger partial charge is 0.468 e. The zero-order chi connectivity index (χ0) is 29.2. The van der Waals surface area contributed by atoms with Gasteiger partial charge in [0.15, 0.2) is 0 Å². The van der Waals surface area contributed by atoms with E-state index in [2.05, 4.69) is 20.7 Å². The summed E-state index contributed by atoms with van der Waals surface area (Å²) in [4.78, 5) is 36.8. The fourth-order valence-electron chi connectivity index (χ4n) is 4.54. The van der Waals surface area contributed by atoms with Gasteiger partial charge in [0, 0.05) is 39.6 Å². The Balaban J connectivity index is 1.47. The van der Waals surface area contributed by atoms with Crippen LogP contribution in [0.2, 0.25) is 15.1 Å². The van der Waals surface area contributed by atoms with E-state index in [0.29, 0.717) is 32.7 Å². The van der Waals surface area contributed by atoms with Crippen molar-refractivity contribution in [2.45, 2.75) is 17.2 Å². The third-order valence-electron chi connectivity index (χ3n) is 6.78. The maximum absolute atomic E-state index is 13.1. The number of rotatable bonds is 10. The number of esters is 1. The summed E-state index contributed by atoms with van der Waals surface area (Å²) in [6.45, 7) is 1.92. The predicted octanol–water partition coefficient (Wildman–Crippen LogP) is 7.36. The Morgan fingerprint density at radius 3 is 2.23 bits per heavy atom. The predicted molar refractivity (Wildman–Crippen MR) is 162 cm³/mol. The number of ether oxygens (including phenoxy) is 1. The highest BCUT2D eigenvalue weighted by Crippen LogP contribution is 2.73. The number of nitrogens with one attached hydrogen (secondary N) is 3. The second-order valence-electron chi connectivity index (χ2n) is 9.38. The third kappa shape index (κ3) is 6.14. The van der Waals surface area contributed by atoms with Gasteiger partial charge in [-0.3, -0.25) is 9.59 Å². The lowest BCUT2D eigenvalue weighted by atomic mass is 10.00. The molecule has 0 aromatic heterocycles. The Morgan fingerprint density at radius 1 is 0.950 bits per heavy atom. The first-order chi connectivity index (χ1) is 18.9. The van der Waals surface area contributed by atoms with Crippen molar-refractivity contribution >= 4 is 93.2 Å². The standard InChI is InChI=1S/C28H24Cl5N3O4/c1-15-7-19(34-12-24(38)40-2)4-6-23(15)36-26(39)21-11-20(3-5-22(21)31)35-13-27(14-37)25(28(27,32)33)16-8-17(29)10-18(30)9-16/h3-11,14,25,34-35H,12-13H2,1-2H3,(H,36,39). The van der Waals surface area contributed by atoms with Crippen molar-refractivity contribution < 1.29 is 19.1 Å². The Hall–Kier alpha value is -2.68. The van der Waals surface area contributed by atoms with E-state index in [1.54, 1.807) is 54.6 Å². The Morgan fingerprint density at radius 2 is 1.60 bits per heavy atom. The first-order valence-electron chi connectivity index (χ1n) is 12.0. The van der Waals surface area contributed by atoms with Gasteiger partial charge in [-0.25, -0.2) is 0 Å². The van der Waals surface area contributed by atoms with E-state index < -0.39 is 27.5 Å². The van der Waals surface area contributed by atoms with Crippen molar-refractivity contribution in [1.82, 2.24) is 0 Å². The van der Waals surface area contributed by atoms with Crippen LogP contribution in [-0.2, 0) is 14.3 Å². The third-order valence-corrected chi connectivity index (χ3v) is 8.68. The SMILES string of the molecule is COC(=O)CNc1ccc(NC(=O)c2cc(NCC3(C=O)C(c4cc(Cl)cc(Cl)c4)C3(Cl)Cl)ccc2Cl)c(C)c1. The number of carbonyl (C=O) groups excluding carboxylic acids is 3. The van der Waals surface area contributed by atoms with Gasteiger partial charge in [-0.15, -0.1) is 0 Å². The molecule has 0 heterocycles. The Bertz CT molecular complexity index is 1460. The lowest BCUT2D eigenvalue weighted by Gasteiger charge is -2.16. The Labute approximate surface area is 256 Å². The highest BCUT2D eigenvalue weighted by molar-refractivity contribution is 6.54. The molecule has 2 unspecified atom stereocenters. The molecular formula is C28H24Cl5N3O4. The minimum Gasteiger partial charge on any atom is -0.468 e. The average Bonchev–Trinajstić information content (AvgIpc) is 3.41. The van der Waals surface area contributed by atoms with Crippen LogP contribution in [0.15, 0.2) is 54.6 Å². The normalized spacial score (nSPS) is 18.9. The molecule has 1 amide bonds. The van der Waals surface area contributed by atoms with Gasteiger partial charge in [-0.2, -0.15) is 0 Å². The first kappa shape index (κ1) is 30.3.